The Hall–Kier alpha value is -1.85. The number of ether oxygens (including phenoxy) is 1. The number of likely N-dealkylation sites (N-methyl/N-ethyl adjacent to an activating group) is 1. The molecule has 6 heteroatoms. The Labute approximate surface area is 113 Å². The summed E-state index contributed by atoms with van der Waals surface area (Å²) in [6.45, 7) is 0.181. The number of esters is 1. The average molecular weight is 264 g/mol. The first-order chi connectivity index (χ1) is 9.11. The second kappa shape index (κ2) is 5.86. The van der Waals surface area contributed by atoms with E-state index >= 15 is 0 Å². The van der Waals surface area contributed by atoms with Crippen molar-refractivity contribution in [2.24, 2.45) is 0 Å². The molecule has 0 bridgehead atoms. The van der Waals surface area contributed by atoms with Gasteiger partial charge in [-0.05, 0) is 19.3 Å². The van der Waals surface area contributed by atoms with Crippen LogP contribution in [0.5, 0.6) is 0 Å². The van der Waals surface area contributed by atoms with Gasteiger partial charge in [-0.2, -0.15) is 0 Å². The third kappa shape index (κ3) is 3.13. The number of anilines is 2. The minimum absolute atomic E-state index is 0.181. The van der Waals surface area contributed by atoms with Crippen molar-refractivity contribution in [1.29, 1.82) is 0 Å². The number of nitrogens with zero attached hydrogens (tertiary/aromatic N) is 4. The number of aromatic nitrogens is 2. The summed E-state index contributed by atoms with van der Waals surface area (Å²) in [5, 5.41) is 0. The smallest absolute Gasteiger partial charge is 0.325 e. The average Bonchev–Trinajstić information content (AvgIpc) is 2.36. The van der Waals surface area contributed by atoms with Gasteiger partial charge < -0.3 is 14.5 Å². The van der Waals surface area contributed by atoms with Gasteiger partial charge in [-0.15, -0.1) is 0 Å². The second-order valence-corrected chi connectivity index (χ2v) is 4.86. The quantitative estimate of drug-likeness (QED) is 0.742. The molecule has 1 fully saturated rings. The summed E-state index contributed by atoms with van der Waals surface area (Å²) >= 11 is 0. The van der Waals surface area contributed by atoms with E-state index in [0.29, 0.717) is 6.04 Å². The van der Waals surface area contributed by atoms with Crippen LogP contribution in [0, 0.1) is 0 Å². The number of carbonyl (C=O) groups is 1. The Bertz CT molecular complexity index is 448. The molecule has 0 amide bonds. The zero-order valence-corrected chi connectivity index (χ0v) is 11.7. The van der Waals surface area contributed by atoms with E-state index in [0.717, 1.165) is 11.6 Å². The first-order valence-electron chi connectivity index (χ1n) is 6.44. The Morgan fingerprint density at radius 3 is 2.63 bits per heavy atom. The molecule has 19 heavy (non-hydrogen) atoms. The maximum absolute atomic E-state index is 11.3. The summed E-state index contributed by atoms with van der Waals surface area (Å²) in [6, 6.07) is 2.48. The number of rotatable bonds is 5. The van der Waals surface area contributed by atoms with E-state index in [1.165, 1.54) is 32.7 Å². The van der Waals surface area contributed by atoms with Crippen LogP contribution in [0.3, 0.4) is 0 Å². The van der Waals surface area contributed by atoms with Crippen LogP contribution in [-0.2, 0) is 9.53 Å². The van der Waals surface area contributed by atoms with Crippen molar-refractivity contribution in [2.45, 2.75) is 25.3 Å². The fourth-order valence-corrected chi connectivity index (χ4v) is 2.04. The van der Waals surface area contributed by atoms with E-state index in [2.05, 4.69) is 26.7 Å². The monoisotopic (exact) mass is 264 g/mol. The molecule has 6 nitrogen and oxygen atoms in total. The van der Waals surface area contributed by atoms with Crippen LogP contribution in [0.4, 0.5) is 11.6 Å². The summed E-state index contributed by atoms with van der Waals surface area (Å²) in [5.41, 5.74) is 0. The lowest BCUT2D eigenvalue weighted by molar-refractivity contribution is -0.138. The van der Waals surface area contributed by atoms with Crippen LogP contribution in [0.2, 0.25) is 0 Å². The highest BCUT2D eigenvalue weighted by atomic mass is 16.5. The predicted octanol–water partition coefficient (Wildman–Crippen LogP) is 1.07. The normalized spacial score (nSPS) is 14.7. The van der Waals surface area contributed by atoms with E-state index in [4.69, 9.17) is 0 Å². The highest BCUT2D eigenvalue weighted by Crippen LogP contribution is 2.27. The number of hydrogen-bond donors (Lipinski definition) is 0. The van der Waals surface area contributed by atoms with Gasteiger partial charge in [-0.1, -0.05) is 0 Å². The Kier molecular flexibility index (Phi) is 4.19. The van der Waals surface area contributed by atoms with Gasteiger partial charge in [0.05, 0.1) is 7.11 Å². The van der Waals surface area contributed by atoms with E-state index in [1.807, 2.05) is 13.1 Å². The number of methoxy groups -OCH3 is 1. The van der Waals surface area contributed by atoms with Crippen LogP contribution in [0.15, 0.2) is 12.4 Å². The van der Waals surface area contributed by atoms with E-state index in [-0.39, 0.29) is 12.5 Å². The molecule has 1 heterocycles. The van der Waals surface area contributed by atoms with Crippen molar-refractivity contribution in [1.82, 2.24) is 9.97 Å². The highest BCUT2D eigenvalue weighted by molar-refractivity contribution is 5.75. The van der Waals surface area contributed by atoms with Gasteiger partial charge in [0.2, 0.25) is 0 Å². The van der Waals surface area contributed by atoms with Crippen LogP contribution in [0.25, 0.3) is 0 Å². The molecule has 1 aromatic rings. The highest BCUT2D eigenvalue weighted by Gasteiger charge is 2.23. The maximum atomic E-state index is 11.3. The first-order valence-corrected chi connectivity index (χ1v) is 6.44. The van der Waals surface area contributed by atoms with Gasteiger partial charge in [-0.3, -0.25) is 4.79 Å². The van der Waals surface area contributed by atoms with Crippen LogP contribution >= 0.6 is 0 Å². The van der Waals surface area contributed by atoms with Crippen molar-refractivity contribution in [3.05, 3.63) is 12.4 Å². The van der Waals surface area contributed by atoms with Crippen molar-refractivity contribution in [3.8, 4) is 0 Å². The SMILES string of the molecule is COC(=O)CN(C)c1cc(N(C)C2CCC2)ncn1. The molecule has 0 N–H and O–H groups in total. The summed E-state index contributed by atoms with van der Waals surface area (Å²) in [7, 11) is 5.24. The standard InChI is InChI=1S/C13H20N4O2/c1-16(8-13(18)19-3)11-7-12(15-9-14-11)17(2)10-5-4-6-10/h7,9-10H,4-6,8H2,1-3H3. The fraction of sp³-hybridized carbons (Fsp3) is 0.615. The van der Waals surface area contributed by atoms with Gasteiger partial charge in [0.25, 0.3) is 0 Å². The van der Waals surface area contributed by atoms with Gasteiger partial charge in [0.15, 0.2) is 0 Å². The molecular weight excluding hydrogens is 244 g/mol. The maximum Gasteiger partial charge on any atom is 0.325 e. The molecule has 0 aromatic carbocycles. The topological polar surface area (TPSA) is 58.6 Å². The minimum atomic E-state index is -0.282. The van der Waals surface area contributed by atoms with Crippen molar-refractivity contribution >= 4 is 17.6 Å². The number of hydrogen-bond acceptors (Lipinski definition) is 6. The number of carbonyl (C=O) groups excluding carboxylic acids is 1. The molecular formula is C13H20N4O2. The lowest BCUT2D eigenvalue weighted by atomic mass is 9.92. The molecule has 0 atom stereocenters. The molecule has 1 aliphatic carbocycles. The first kappa shape index (κ1) is 13.6. The second-order valence-electron chi connectivity index (χ2n) is 4.86. The summed E-state index contributed by atoms with van der Waals surface area (Å²) in [4.78, 5) is 23.7. The van der Waals surface area contributed by atoms with Crippen molar-refractivity contribution in [3.63, 3.8) is 0 Å². The van der Waals surface area contributed by atoms with Crippen molar-refractivity contribution in [2.75, 3.05) is 37.5 Å². The van der Waals surface area contributed by atoms with Crippen LogP contribution in [-0.4, -0.2) is 49.7 Å². The van der Waals surface area contributed by atoms with Gasteiger partial charge in [0, 0.05) is 26.2 Å². The third-order valence-corrected chi connectivity index (χ3v) is 3.61. The van der Waals surface area contributed by atoms with Crippen molar-refractivity contribution < 1.29 is 9.53 Å². The summed E-state index contributed by atoms with van der Waals surface area (Å²) in [5.74, 6) is 1.34. The Morgan fingerprint density at radius 2 is 2.05 bits per heavy atom. The molecule has 0 spiro atoms. The molecule has 2 rings (SSSR count). The Morgan fingerprint density at radius 1 is 1.37 bits per heavy atom. The zero-order chi connectivity index (χ0) is 13.8. The summed E-state index contributed by atoms with van der Waals surface area (Å²) < 4.78 is 4.65. The molecule has 1 aromatic heterocycles. The minimum Gasteiger partial charge on any atom is -0.468 e. The van der Waals surface area contributed by atoms with Gasteiger partial charge in [-0.25, -0.2) is 9.97 Å². The lowest BCUT2D eigenvalue weighted by Crippen LogP contribution is -2.37. The summed E-state index contributed by atoms with van der Waals surface area (Å²) in [6.07, 6.45) is 5.25. The van der Waals surface area contributed by atoms with Crippen LogP contribution < -0.4 is 9.80 Å². The molecule has 1 saturated carbocycles. The zero-order valence-electron chi connectivity index (χ0n) is 11.7. The predicted molar refractivity (Wildman–Crippen MR) is 73.4 cm³/mol. The third-order valence-electron chi connectivity index (χ3n) is 3.61. The molecule has 0 radical (unpaired) electrons. The largest absolute Gasteiger partial charge is 0.468 e. The molecule has 0 aliphatic heterocycles. The molecule has 1 aliphatic rings. The Balaban J connectivity index is 2.07. The molecule has 104 valence electrons. The van der Waals surface area contributed by atoms with E-state index < -0.39 is 0 Å². The molecule has 0 saturated heterocycles. The van der Waals surface area contributed by atoms with E-state index in [1.54, 1.807) is 4.90 Å². The fourth-order valence-electron chi connectivity index (χ4n) is 2.04. The molecule has 0 unspecified atom stereocenters. The van der Waals surface area contributed by atoms with Gasteiger partial charge in [0.1, 0.15) is 24.5 Å². The lowest BCUT2D eigenvalue weighted by Gasteiger charge is -2.35. The van der Waals surface area contributed by atoms with Gasteiger partial charge >= 0.3 is 5.97 Å². The van der Waals surface area contributed by atoms with E-state index in [9.17, 15) is 4.79 Å². The van der Waals surface area contributed by atoms with Crippen LogP contribution in [0.1, 0.15) is 19.3 Å².